The molecule has 0 spiro atoms. The molecule has 0 bridgehead atoms. The summed E-state index contributed by atoms with van der Waals surface area (Å²) < 4.78 is 10.6. The van der Waals surface area contributed by atoms with Crippen LogP contribution in [0.1, 0.15) is 12.8 Å². The molecule has 0 aromatic heterocycles. The second-order valence-electron chi connectivity index (χ2n) is 4.64. The van der Waals surface area contributed by atoms with Crippen molar-refractivity contribution in [2.75, 3.05) is 39.2 Å². The van der Waals surface area contributed by atoms with E-state index in [0.29, 0.717) is 0 Å². The van der Waals surface area contributed by atoms with E-state index in [4.69, 9.17) is 9.47 Å². The van der Waals surface area contributed by atoms with E-state index >= 15 is 0 Å². The summed E-state index contributed by atoms with van der Waals surface area (Å²) in [5, 5.41) is 6.82. The fourth-order valence-electron chi connectivity index (χ4n) is 2.32. The number of methoxy groups -OCH3 is 2. The summed E-state index contributed by atoms with van der Waals surface area (Å²) >= 11 is 0. The third kappa shape index (κ3) is 3.29. The van der Waals surface area contributed by atoms with Crippen LogP contribution in [0.5, 0.6) is 11.5 Å². The molecule has 0 aliphatic carbocycles. The van der Waals surface area contributed by atoms with E-state index < -0.39 is 0 Å². The maximum Gasteiger partial charge on any atom is 0.142 e. The average molecular weight is 250 g/mol. The lowest BCUT2D eigenvalue weighted by Crippen LogP contribution is -2.13. The van der Waals surface area contributed by atoms with Crippen LogP contribution >= 0.6 is 0 Å². The zero-order valence-corrected chi connectivity index (χ0v) is 11.2. The van der Waals surface area contributed by atoms with Crippen LogP contribution in [-0.4, -0.2) is 33.9 Å². The minimum Gasteiger partial charge on any atom is -0.497 e. The summed E-state index contributed by atoms with van der Waals surface area (Å²) in [6.45, 7) is 3.28. The Morgan fingerprint density at radius 1 is 1.33 bits per heavy atom. The predicted molar refractivity (Wildman–Crippen MR) is 73.6 cm³/mol. The maximum atomic E-state index is 5.34. The normalized spacial score (nSPS) is 18.7. The summed E-state index contributed by atoms with van der Waals surface area (Å²) in [6.07, 6.45) is 2.48. The van der Waals surface area contributed by atoms with Crippen LogP contribution in [0, 0.1) is 5.92 Å². The third-order valence-corrected chi connectivity index (χ3v) is 3.44. The number of nitrogens with one attached hydrogen (secondary N) is 2. The molecule has 2 rings (SSSR count). The quantitative estimate of drug-likeness (QED) is 0.811. The molecule has 18 heavy (non-hydrogen) atoms. The van der Waals surface area contributed by atoms with Gasteiger partial charge in [0.25, 0.3) is 0 Å². The van der Waals surface area contributed by atoms with Gasteiger partial charge in [-0.2, -0.15) is 0 Å². The largest absolute Gasteiger partial charge is 0.497 e. The van der Waals surface area contributed by atoms with Crippen molar-refractivity contribution < 1.29 is 9.47 Å². The molecule has 100 valence electrons. The second kappa shape index (κ2) is 6.50. The van der Waals surface area contributed by atoms with Gasteiger partial charge >= 0.3 is 0 Å². The monoisotopic (exact) mass is 250 g/mol. The molecule has 1 atom stereocenters. The van der Waals surface area contributed by atoms with E-state index in [9.17, 15) is 0 Å². The molecular weight excluding hydrogens is 228 g/mol. The Morgan fingerprint density at radius 3 is 2.89 bits per heavy atom. The number of anilines is 1. The van der Waals surface area contributed by atoms with Gasteiger partial charge in [-0.25, -0.2) is 0 Å². The number of ether oxygens (including phenoxy) is 2. The lowest BCUT2D eigenvalue weighted by molar-refractivity contribution is 0.404. The van der Waals surface area contributed by atoms with Crippen molar-refractivity contribution in [3.63, 3.8) is 0 Å². The molecule has 2 N–H and O–H groups in total. The molecule has 1 saturated heterocycles. The number of rotatable bonds is 6. The highest BCUT2D eigenvalue weighted by atomic mass is 16.5. The Hall–Kier alpha value is -1.42. The zero-order valence-electron chi connectivity index (χ0n) is 11.2. The Bertz CT molecular complexity index is 376. The SMILES string of the molecule is COc1ccc(OC)c(NCCC2CCNC2)c1. The van der Waals surface area contributed by atoms with E-state index in [1.54, 1.807) is 14.2 Å². The van der Waals surface area contributed by atoms with Gasteiger partial charge in [0.1, 0.15) is 11.5 Å². The number of hydrogen-bond donors (Lipinski definition) is 2. The van der Waals surface area contributed by atoms with E-state index in [0.717, 1.165) is 42.7 Å². The maximum absolute atomic E-state index is 5.34. The fourth-order valence-corrected chi connectivity index (χ4v) is 2.32. The molecule has 1 aliphatic rings. The summed E-state index contributed by atoms with van der Waals surface area (Å²) in [7, 11) is 3.36. The molecule has 1 aromatic rings. The first-order valence-electron chi connectivity index (χ1n) is 6.50. The molecule has 0 amide bonds. The van der Waals surface area contributed by atoms with Crippen molar-refractivity contribution in [1.82, 2.24) is 5.32 Å². The van der Waals surface area contributed by atoms with E-state index in [1.165, 1.54) is 12.8 Å². The minimum absolute atomic E-state index is 0.800. The third-order valence-electron chi connectivity index (χ3n) is 3.44. The first kappa shape index (κ1) is 13.0. The van der Waals surface area contributed by atoms with Gasteiger partial charge in [-0.05, 0) is 44.0 Å². The Balaban J connectivity index is 1.89. The van der Waals surface area contributed by atoms with Crippen molar-refractivity contribution >= 4 is 5.69 Å². The van der Waals surface area contributed by atoms with Gasteiger partial charge in [-0.3, -0.25) is 0 Å². The predicted octanol–water partition coefficient (Wildman–Crippen LogP) is 2.12. The van der Waals surface area contributed by atoms with Crippen molar-refractivity contribution in [3.05, 3.63) is 18.2 Å². The second-order valence-corrected chi connectivity index (χ2v) is 4.64. The first-order chi connectivity index (χ1) is 8.83. The number of benzene rings is 1. The molecule has 0 saturated carbocycles. The van der Waals surface area contributed by atoms with Crippen LogP contribution in [-0.2, 0) is 0 Å². The van der Waals surface area contributed by atoms with Gasteiger partial charge in [-0.15, -0.1) is 0 Å². The molecular formula is C14H22N2O2. The van der Waals surface area contributed by atoms with Gasteiger partial charge in [0, 0.05) is 12.6 Å². The van der Waals surface area contributed by atoms with E-state index in [2.05, 4.69) is 10.6 Å². The Labute approximate surface area is 109 Å². The van der Waals surface area contributed by atoms with Gasteiger partial charge in [0.15, 0.2) is 0 Å². The standard InChI is InChI=1S/C14H22N2O2/c1-17-12-3-4-14(18-2)13(9-12)16-8-6-11-5-7-15-10-11/h3-4,9,11,15-16H,5-8,10H2,1-2H3. The van der Waals surface area contributed by atoms with Crippen LogP contribution in [0.2, 0.25) is 0 Å². The van der Waals surface area contributed by atoms with Gasteiger partial charge < -0.3 is 20.1 Å². The highest BCUT2D eigenvalue weighted by molar-refractivity contribution is 5.59. The fraction of sp³-hybridized carbons (Fsp3) is 0.571. The van der Waals surface area contributed by atoms with Crippen LogP contribution in [0.25, 0.3) is 0 Å². The van der Waals surface area contributed by atoms with Crippen LogP contribution in [0.4, 0.5) is 5.69 Å². The molecule has 0 radical (unpaired) electrons. The molecule has 1 fully saturated rings. The zero-order chi connectivity index (χ0) is 12.8. The molecule has 4 nitrogen and oxygen atoms in total. The topological polar surface area (TPSA) is 42.5 Å². The molecule has 1 aliphatic heterocycles. The van der Waals surface area contributed by atoms with Crippen LogP contribution in [0.15, 0.2) is 18.2 Å². The summed E-state index contributed by atoms with van der Waals surface area (Å²) in [5.41, 5.74) is 1.00. The van der Waals surface area contributed by atoms with Crippen molar-refractivity contribution in [2.24, 2.45) is 5.92 Å². The molecule has 1 unspecified atom stereocenters. The lowest BCUT2D eigenvalue weighted by Gasteiger charge is -2.14. The molecule has 1 heterocycles. The smallest absolute Gasteiger partial charge is 0.142 e. The Morgan fingerprint density at radius 2 is 2.22 bits per heavy atom. The summed E-state index contributed by atoms with van der Waals surface area (Å²) in [4.78, 5) is 0. The Kier molecular flexibility index (Phi) is 4.70. The summed E-state index contributed by atoms with van der Waals surface area (Å²) in [6, 6.07) is 5.81. The minimum atomic E-state index is 0.800. The van der Waals surface area contributed by atoms with E-state index in [1.807, 2.05) is 18.2 Å². The molecule has 1 aromatic carbocycles. The van der Waals surface area contributed by atoms with Crippen LogP contribution in [0.3, 0.4) is 0 Å². The average Bonchev–Trinajstić information content (AvgIpc) is 2.92. The van der Waals surface area contributed by atoms with Gasteiger partial charge in [0.05, 0.1) is 19.9 Å². The highest BCUT2D eigenvalue weighted by Gasteiger charge is 2.14. The van der Waals surface area contributed by atoms with Crippen molar-refractivity contribution in [2.45, 2.75) is 12.8 Å². The van der Waals surface area contributed by atoms with Gasteiger partial charge in [0.2, 0.25) is 0 Å². The number of hydrogen-bond acceptors (Lipinski definition) is 4. The molecule has 4 heteroatoms. The summed E-state index contributed by atoms with van der Waals surface area (Å²) in [5.74, 6) is 2.51. The van der Waals surface area contributed by atoms with Gasteiger partial charge in [-0.1, -0.05) is 0 Å². The van der Waals surface area contributed by atoms with Crippen molar-refractivity contribution in [3.8, 4) is 11.5 Å². The first-order valence-corrected chi connectivity index (χ1v) is 6.50. The lowest BCUT2D eigenvalue weighted by atomic mass is 10.1. The van der Waals surface area contributed by atoms with Crippen molar-refractivity contribution in [1.29, 1.82) is 0 Å². The van der Waals surface area contributed by atoms with E-state index in [-0.39, 0.29) is 0 Å². The highest BCUT2D eigenvalue weighted by Crippen LogP contribution is 2.29. The van der Waals surface area contributed by atoms with Crippen LogP contribution < -0.4 is 20.1 Å².